The summed E-state index contributed by atoms with van der Waals surface area (Å²) < 4.78 is 0. The van der Waals surface area contributed by atoms with Crippen molar-refractivity contribution in [2.45, 2.75) is 33.7 Å². The summed E-state index contributed by atoms with van der Waals surface area (Å²) in [5, 5.41) is 0. The second-order valence-corrected chi connectivity index (χ2v) is 5.74. The molecule has 2 rings (SSSR count). The van der Waals surface area contributed by atoms with Crippen LogP contribution in [0.1, 0.15) is 39.3 Å². The van der Waals surface area contributed by atoms with E-state index >= 15 is 0 Å². The fraction of sp³-hybridized carbons (Fsp3) is 0.667. The molecule has 3 N–H and O–H groups in total. The molecule has 1 heterocycles. The van der Waals surface area contributed by atoms with Gasteiger partial charge in [0.1, 0.15) is 6.33 Å². The van der Waals surface area contributed by atoms with E-state index in [-0.39, 0.29) is 6.04 Å². The maximum atomic E-state index is 5.68. The first-order chi connectivity index (χ1) is 7.43. The van der Waals surface area contributed by atoms with E-state index in [0.717, 1.165) is 5.56 Å². The van der Waals surface area contributed by atoms with E-state index in [2.05, 4.69) is 43.1 Å². The number of nitrogens with zero attached hydrogens (tertiary/aromatic N) is 2. The van der Waals surface area contributed by atoms with E-state index in [1.807, 2.05) is 12.4 Å². The van der Waals surface area contributed by atoms with Crippen molar-refractivity contribution >= 4 is 0 Å². The quantitative estimate of drug-likeness (QED) is 0.600. The number of nitrogens with two attached hydrogens (primary N) is 1. The first-order valence-corrected chi connectivity index (χ1v) is 5.64. The zero-order chi connectivity index (χ0) is 12.0. The molecule has 0 spiro atoms. The Morgan fingerprint density at radius 3 is 2.06 bits per heavy atom. The molecule has 1 unspecified atom stereocenters. The first kappa shape index (κ1) is 11.5. The maximum absolute atomic E-state index is 5.68. The molecule has 0 aliphatic heterocycles. The largest absolute Gasteiger partial charge is 0.271 e. The average molecular weight is 220 g/mol. The van der Waals surface area contributed by atoms with Gasteiger partial charge in [-0.2, -0.15) is 0 Å². The number of rotatable bonds is 3. The van der Waals surface area contributed by atoms with Crippen molar-refractivity contribution in [1.29, 1.82) is 0 Å². The van der Waals surface area contributed by atoms with Crippen molar-refractivity contribution in [2.24, 2.45) is 22.6 Å². The minimum Gasteiger partial charge on any atom is -0.271 e. The number of hydrogen-bond donors (Lipinski definition) is 2. The number of hydrogen-bond acceptors (Lipinski definition) is 4. The topological polar surface area (TPSA) is 63.8 Å². The minimum atomic E-state index is 0.131. The van der Waals surface area contributed by atoms with Crippen LogP contribution < -0.4 is 11.3 Å². The third-order valence-corrected chi connectivity index (χ3v) is 4.58. The van der Waals surface area contributed by atoms with Crippen LogP contribution in [0.4, 0.5) is 0 Å². The minimum absolute atomic E-state index is 0.131. The Kier molecular flexibility index (Phi) is 2.51. The molecule has 1 aliphatic rings. The van der Waals surface area contributed by atoms with Crippen LogP contribution in [0.25, 0.3) is 0 Å². The van der Waals surface area contributed by atoms with Gasteiger partial charge >= 0.3 is 0 Å². The number of nitrogens with one attached hydrogen (secondary N) is 1. The Bertz CT molecular complexity index is 358. The lowest BCUT2D eigenvalue weighted by Crippen LogP contribution is -2.31. The molecule has 1 aromatic heterocycles. The van der Waals surface area contributed by atoms with E-state index in [1.54, 1.807) is 6.33 Å². The molecule has 0 aromatic carbocycles. The molecule has 0 bridgehead atoms. The lowest BCUT2D eigenvalue weighted by Gasteiger charge is -2.17. The lowest BCUT2D eigenvalue weighted by atomic mass is 10.00. The average Bonchev–Trinajstić information content (AvgIpc) is 2.64. The standard InChI is InChI=1S/C12H20N4/c1-11(2)10(12(11,3)4)9(16-13)8-5-14-7-15-6-8/h5-7,9-10,16H,13H2,1-4H3. The van der Waals surface area contributed by atoms with Crippen molar-refractivity contribution in [1.82, 2.24) is 15.4 Å². The van der Waals surface area contributed by atoms with Gasteiger partial charge in [-0.05, 0) is 16.7 Å². The zero-order valence-corrected chi connectivity index (χ0v) is 10.4. The molecule has 16 heavy (non-hydrogen) atoms. The molecular formula is C12H20N4. The van der Waals surface area contributed by atoms with Gasteiger partial charge in [0, 0.05) is 18.0 Å². The van der Waals surface area contributed by atoms with Gasteiger partial charge in [0.05, 0.1) is 6.04 Å². The first-order valence-electron chi connectivity index (χ1n) is 5.64. The highest BCUT2D eigenvalue weighted by Gasteiger charge is 2.67. The van der Waals surface area contributed by atoms with Crippen molar-refractivity contribution in [2.75, 3.05) is 0 Å². The Morgan fingerprint density at radius 1 is 1.19 bits per heavy atom. The van der Waals surface area contributed by atoms with E-state index in [9.17, 15) is 0 Å². The molecule has 1 saturated carbocycles. The third-order valence-electron chi connectivity index (χ3n) is 4.58. The molecular weight excluding hydrogens is 200 g/mol. The smallest absolute Gasteiger partial charge is 0.115 e. The SMILES string of the molecule is CC1(C)C(C(NN)c2cncnc2)C1(C)C. The number of hydrazine groups is 1. The lowest BCUT2D eigenvalue weighted by molar-refractivity contribution is 0.415. The van der Waals surface area contributed by atoms with Crippen LogP contribution in [0.5, 0.6) is 0 Å². The van der Waals surface area contributed by atoms with Crippen molar-refractivity contribution in [3.8, 4) is 0 Å². The van der Waals surface area contributed by atoms with Crippen molar-refractivity contribution in [3.63, 3.8) is 0 Å². The van der Waals surface area contributed by atoms with Crippen LogP contribution in [0.15, 0.2) is 18.7 Å². The van der Waals surface area contributed by atoms with Crippen LogP contribution in [-0.4, -0.2) is 9.97 Å². The monoisotopic (exact) mass is 220 g/mol. The summed E-state index contributed by atoms with van der Waals surface area (Å²) in [6.45, 7) is 9.13. The molecule has 0 saturated heterocycles. The normalized spacial score (nSPS) is 24.1. The molecule has 0 amide bonds. The van der Waals surface area contributed by atoms with E-state index in [0.29, 0.717) is 16.7 Å². The predicted molar refractivity (Wildman–Crippen MR) is 63.1 cm³/mol. The van der Waals surface area contributed by atoms with Crippen LogP contribution in [-0.2, 0) is 0 Å². The van der Waals surface area contributed by atoms with Crippen LogP contribution in [0, 0.1) is 16.7 Å². The molecule has 4 nitrogen and oxygen atoms in total. The molecule has 1 atom stereocenters. The van der Waals surface area contributed by atoms with Gasteiger partial charge in [-0.25, -0.2) is 9.97 Å². The third kappa shape index (κ3) is 1.44. The Hall–Kier alpha value is -1.00. The summed E-state index contributed by atoms with van der Waals surface area (Å²) in [5.41, 5.74) is 4.56. The highest BCUT2D eigenvalue weighted by Crippen LogP contribution is 2.72. The maximum Gasteiger partial charge on any atom is 0.115 e. The highest BCUT2D eigenvalue weighted by molar-refractivity contribution is 5.23. The fourth-order valence-electron chi connectivity index (χ4n) is 2.94. The van der Waals surface area contributed by atoms with E-state index < -0.39 is 0 Å². The van der Waals surface area contributed by atoms with Crippen LogP contribution in [0.3, 0.4) is 0 Å². The van der Waals surface area contributed by atoms with E-state index in [4.69, 9.17) is 5.84 Å². The highest BCUT2D eigenvalue weighted by atomic mass is 15.2. The number of aromatic nitrogens is 2. The second kappa shape index (κ2) is 3.50. The van der Waals surface area contributed by atoms with Gasteiger partial charge in [0.2, 0.25) is 0 Å². The van der Waals surface area contributed by atoms with E-state index in [1.165, 1.54) is 0 Å². The van der Waals surface area contributed by atoms with Crippen LogP contribution in [0.2, 0.25) is 0 Å². The summed E-state index contributed by atoms with van der Waals surface area (Å²) in [6.07, 6.45) is 5.21. The van der Waals surface area contributed by atoms with Gasteiger partial charge in [0.25, 0.3) is 0 Å². The Labute approximate surface area is 96.6 Å². The molecule has 1 aliphatic carbocycles. The molecule has 4 heteroatoms. The van der Waals surface area contributed by atoms with Gasteiger partial charge in [0.15, 0.2) is 0 Å². The van der Waals surface area contributed by atoms with Crippen LogP contribution >= 0.6 is 0 Å². The predicted octanol–water partition coefficient (Wildman–Crippen LogP) is 1.66. The van der Waals surface area contributed by atoms with Crippen molar-refractivity contribution < 1.29 is 0 Å². The second-order valence-electron chi connectivity index (χ2n) is 5.74. The molecule has 1 aromatic rings. The summed E-state index contributed by atoms with van der Waals surface area (Å²) in [4.78, 5) is 8.11. The molecule has 88 valence electrons. The summed E-state index contributed by atoms with van der Waals surface area (Å²) in [7, 11) is 0. The summed E-state index contributed by atoms with van der Waals surface area (Å²) >= 11 is 0. The Balaban J connectivity index is 2.27. The van der Waals surface area contributed by atoms with Gasteiger partial charge < -0.3 is 0 Å². The van der Waals surface area contributed by atoms with Crippen molar-refractivity contribution in [3.05, 3.63) is 24.3 Å². The van der Waals surface area contributed by atoms with Gasteiger partial charge in [-0.15, -0.1) is 0 Å². The van der Waals surface area contributed by atoms with Gasteiger partial charge in [-0.1, -0.05) is 27.7 Å². The molecule has 0 radical (unpaired) electrons. The fourth-order valence-corrected chi connectivity index (χ4v) is 2.94. The zero-order valence-electron chi connectivity index (χ0n) is 10.4. The Morgan fingerprint density at radius 2 is 1.69 bits per heavy atom. The summed E-state index contributed by atoms with van der Waals surface area (Å²) in [5.74, 6) is 6.19. The molecule has 1 fully saturated rings. The van der Waals surface area contributed by atoms with Gasteiger partial charge in [-0.3, -0.25) is 11.3 Å². The summed E-state index contributed by atoms with van der Waals surface area (Å²) in [6, 6.07) is 0.131.